The van der Waals surface area contributed by atoms with E-state index in [0.717, 1.165) is 57.4 Å². The highest BCUT2D eigenvalue weighted by Gasteiger charge is 2.17. The zero-order valence-corrected chi connectivity index (χ0v) is 17.5. The lowest BCUT2D eigenvalue weighted by molar-refractivity contribution is 0.479. The van der Waals surface area contributed by atoms with Crippen LogP contribution in [0.3, 0.4) is 0 Å². The van der Waals surface area contributed by atoms with Crippen molar-refractivity contribution in [2.75, 3.05) is 0 Å². The van der Waals surface area contributed by atoms with Crippen molar-refractivity contribution in [3.63, 3.8) is 0 Å². The van der Waals surface area contributed by atoms with Crippen LogP contribution in [0.15, 0.2) is 101 Å². The summed E-state index contributed by atoms with van der Waals surface area (Å²) in [6.45, 7) is 2.13. The Hall–Kier alpha value is -3.78. The van der Waals surface area contributed by atoms with E-state index in [4.69, 9.17) is 4.42 Å². The van der Waals surface area contributed by atoms with Crippen molar-refractivity contribution in [3.8, 4) is 28.0 Å². The van der Waals surface area contributed by atoms with Crippen molar-refractivity contribution < 1.29 is 9.52 Å². The highest BCUT2D eigenvalue weighted by Crippen LogP contribution is 2.40. The SMILES string of the molecule is CCc1oc2ccccc2c1Cc1cc(-c2ccccc2)c(O)c(-c2ccccc2)c1. The predicted octanol–water partition coefficient (Wildman–Crippen LogP) is 7.63. The van der Waals surface area contributed by atoms with Gasteiger partial charge in [0.15, 0.2) is 0 Å². The summed E-state index contributed by atoms with van der Waals surface area (Å²) in [6, 6.07) is 32.6. The number of fused-ring (bicyclic) bond motifs is 1. The molecular weight excluding hydrogens is 380 g/mol. The molecule has 0 saturated carbocycles. The van der Waals surface area contributed by atoms with E-state index in [1.807, 2.05) is 72.8 Å². The van der Waals surface area contributed by atoms with Gasteiger partial charge >= 0.3 is 0 Å². The van der Waals surface area contributed by atoms with Crippen molar-refractivity contribution in [2.45, 2.75) is 19.8 Å². The third-order valence-corrected chi connectivity index (χ3v) is 5.82. The summed E-state index contributed by atoms with van der Waals surface area (Å²) in [5.41, 5.74) is 7.02. The van der Waals surface area contributed by atoms with E-state index in [0.29, 0.717) is 5.75 Å². The summed E-state index contributed by atoms with van der Waals surface area (Å²) in [7, 11) is 0. The molecule has 2 heteroatoms. The van der Waals surface area contributed by atoms with Crippen molar-refractivity contribution in [1.29, 1.82) is 0 Å². The van der Waals surface area contributed by atoms with Gasteiger partial charge in [-0.25, -0.2) is 0 Å². The van der Waals surface area contributed by atoms with E-state index >= 15 is 0 Å². The summed E-state index contributed by atoms with van der Waals surface area (Å²) in [4.78, 5) is 0. The normalized spacial score (nSPS) is 11.1. The van der Waals surface area contributed by atoms with Crippen LogP contribution >= 0.6 is 0 Å². The van der Waals surface area contributed by atoms with Gasteiger partial charge in [0.2, 0.25) is 0 Å². The molecule has 0 saturated heterocycles. The van der Waals surface area contributed by atoms with Crippen molar-refractivity contribution >= 4 is 11.0 Å². The van der Waals surface area contributed by atoms with Gasteiger partial charge in [0, 0.05) is 34.9 Å². The number of phenolic OH excluding ortho intramolecular Hbond substituents is 1. The average Bonchev–Trinajstić information content (AvgIpc) is 3.18. The van der Waals surface area contributed by atoms with Crippen LogP contribution in [0.2, 0.25) is 0 Å². The summed E-state index contributed by atoms with van der Waals surface area (Å²) >= 11 is 0. The quantitative estimate of drug-likeness (QED) is 0.327. The van der Waals surface area contributed by atoms with Crippen LogP contribution in [-0.2, 0) is 12.8 Å². The van der Waals surface area contributed by atoms with Crippen LogP contribution in [-0.4, -0.2) is 5.11 Å². The van der Waals surface area contributed by atoms with Gasteiger partial charge in [0.05, 0.1) is 0 Å². The molecule has 4 aromatic carbocycles. The molecule has 0 bridgehead atoms. The van der Waals surface area contributed by atoms with Gasteiger partial charge in [0.1, 0.15) is 17.1 Å². The lowest BCUT2D eigenvalue weighted by Crippen LogP contribution is -1.94. The lowest BCUT2D eigenvalue weighted by Gasteiger charge is -2.14. The van der Waals surface area contributed by atoms with Crippen LogP contribution in [0, 0.1) is 0 Å². The maximum Gasteiger partial charge on any atom is 0.134 e. The standard InChI is InChI=1S/C29H24O2/c1-2-27-26(23-15-9-10-16-28(23)31-27)19-20-17-24(21-11-5-3-6-12-21)29(30)25(18-20)22-13-7-4-8-14-22/h3-18,30H,2,19H2,1H3. The molecule has 1 heterocycles. The number of hydrogen-bond acceptors (Lipinski definition) is 2. The average molecular weight is 405 g/mol. The van der Waals surface area contributed by atoms with Gasteiger partial charge in [-0.3, -0.25) is 0 Å². The number of para-hydroxylation sites is 1. The Bertz CT molecular complexity index is 1270. The zero-order chi connectivity index (χ0) is 21.2. The van der Waals surface area contributed by atoms with Crippen LogP contribution in [0.5, 0.6) is 5.75 Å². The smallest absolute Gasteiger partial charge is 0.134 e. The topological polar surface area (TPSA) is 33.4 Å². The lowest BCUT2D eigenvalue weighted by atomic mass is 9.91. The largest absolute Gasteiger partial charge is 0.507 e. The van der Waals surface area contributed by atoms with Gasteiger partial charge in [0.25, 0.3) is 0 Å². The van der Waals surface area contributed by atoms with Crippen LogP contribution in [0.4, 0.5) is 0 Å². The molecular formula is C29H24O2. The molecule has 5 rings (SSSR count). The Balaban J connectivity index is 1.69. The fourth-order valence-electron chi connectivity index (χ4n) is 4.30. The highest BCUT2D eigenvalue weighted by molar-refractivity contribution is 5.85. The summed E-state index contributed by atoms with van der Waals surface area (Å²) in [5, 5.41) is 12.4. The number of aromatic hydroxyl groups is 1. The Labute approximate surface area is 182 Å². The number of aryl methyl sites for hydroxylation is 1. The Morgan fingerprint density at radius 2 is 1.26 bits per heavy atom. The van der Waals surface area contributed by atoms with Crippen molar-refractivity contribution in [3.05, 3.63) is 114 Å². The minimum absolute atomic E-state index is 0.314. The molecule has 2 nitrogen and oxygen atoms in total. The Kier molecular flexibility index (Phi) is 5.05. The molecule has 0 radical (unpaired) electrons. The minimum atomic E-state index is 0.314. The van der Waals surface area contributed by atoms with Gasteiger partial charge in [-0.2, -0.15) is 0 Å². The number of phenols is 1. The molecule has 0 unspecified atom stereocenters. The predicted molar refractivity (Wildman–Crippen MR) is 127 cm³/mol. The maximum atomic E-state index is 11.2. The Morgan fingerprint density at radius 1 is 0.710 bits per heavy atom. The molecule has 1 N–H and O–H groups in total. The van der Waals surface area contributed by atoms with Crippen molar-refractivity contribution in [1.82, 2.24) is 0 Å². The molecule has 0 aliphatic heterocycles. The molecule has 152 valence electrons. The molecule has 0 fully saturated rings. The van der Waals surface area contributed by atoms with Gasteiger partial charge in [-0.1, -0.05) is 85.8 Å². The number of benzene rings is 4. The van der Waals surface area contributed by atoms with Gasteiger partial charge in [-0.15, -0.1) is 0 Å². The molecule has 0 atom stereocenters. The zero-order valence-electron chi connectivity index (χ0n) is 17.5. The first-order chi connectivity index (χ1) is 15.2. The first-order valence-electron chi connectivity index (χ1n) is 10.7. The third kappa shape index (κ3) is 3.62. The first kappa shape index (κ1) is 19.2. The van der Waals surface area contributed by atoms with E-state index in [2.05, 4.69) is 31.2 Å². The fourth-order valence-corrected chi connectivity index (χ4v) is 4.30. The third-order valence-electron chi connectivity index (χ3n) is 5.82. The van der Waals surface area contributed by atoms with Gasteiger partial charge < -0.3 is 9.52 Å². The number of rotatable bonds is 5. The number of hydrogen-bond donors (Lipinski definition) is 1. The monoisotopic (exact) mass is 404 g/mol. The van der Waals surface area contributed by atoms with E-state index in [1.54, 1.807) is 0 Å². The second-order valence-electron chi connectivity index (χ2n) is 7.80. The minimum Gasteiger partial charge on any atom is -0.507 e. The summed E-state index contributed by atoms with van der Waals surface area (Å²) < 4.78 is 6.12. The fraction of sp³-hybridized carbons (Fsp3) is 0.103. The van der Waals surface area contributed by atoms with E-state index in [9.17, 15) is 5.11 Å². The van der Waals surface area contributed by atoms with E-state index in [-0.39, 0.29) is 0 Å². The molecule has 0 aliphatic rings. The molecule has 5 aromatic rings. The van der Waals surface area contributed by atoms with Gasteiger partial charge in [-0.05, 0) is 34.9 Å². The van der Waals surface area contributed by atoms with E-state index < -0.39 is 0 Å². The van der Waals surface area contributed by atoms with Crippen molar-refractivity contribution in [2.24, 2.45) is 0 Å². The highest BCUT2D eigenvalue weighted by atomic mass is 16.3. The number of furan rings is 1. The van der Waals surface area contributed by atoms with Crippen LogP contribution in [0.1, 0.15) is 23.8 Å². The molecule has 0 aliphatic carbocycles. The van der Waals surface area contributed by atoms with Crippen LogP contribution < -0.4 is 0 Å². The van der Waals surface area contributed by atoms with E-state index in [1.165, 1.54) is 5.56 Å². The second kappa shape index (κ2) is 8.16. The second-order valence-corrected chi connectivity index (χ2v) is 7.80. The Morgan fingerprint density at radius 3 is 1.84 bits per heavy atom. The molecule has 0 amide bonds. The first-order valence-corrected chi connectivity index (χ1v) is 10.7. The molecule has 31 heavy (non-hydrogen) atoms. The molecule has 1 aromatic heterocycles. The van der Waals surface area contributed by atoms with Crippen LogP contribution in [0.25, 0.3) is 33.2 Å². The summed E-state index contributed by atoms with van der Waals surface area (Å²) in [6.07, 6.45) is 1.60. The molecule has 0 spiro atoms. The summed E-state index contributed by atoms with van der Waals surface area (Å²) in [5.74, 6) is 1.34. The maximum absolute atomic E-state index is 11.2.